The quantitative estimate of drug-likeness (QED) is 0.792. The number of rotatable bonds is 3. The summed E-state index contributed by atoms with van der Waals surface area (Å²) in [6.45, 7) is 2.28. The molecule has 2 rings (SSSR count). The molecule has 0 spiro atoms. The molecule has 6 heteroatoms. The van der Waals surface area contributed by atoms with E-state index in [1.807, 2.05) is 19.1 Å². The number of nitrogens with zero attached hydrogens (tertiary/aromatic N) is 3. The number of aromatic hydroxyl groups is 1. The summed E-state index contributed by atoms with van der Waals surface area (Å²) in [6.07, 6.45) is 0. The topological polar surface area (TPSA) is 77.0 Å². The van der Waals surface area contributed by atoms with Gasteiger partial charge in [-0.25, -0.2) is 4.68 Å². The van der Waals surface area contributed by atoms with Crippen LogP contribution in [0.3, 0.4) is 0 Å². The molecule has 0 unspecified atom stereocenters. The van der Waals surface area contributed by atoms with Crippen molar-refractivity contribution in [1.82, 2.24) is 15.0 Å². The lowest BCUT2D eigenvalue weighted by molar-refractivity contribution is 0.462. The molecule has 0 bridgehead atoms. The van der Waals surface area contributed by atoms with Gasteiger partial charge < -0.3 is 10.8 Å². The fourth-order valence-corrected chi connectivity index (χ4v) is 1.73. The molecule has 17 heavy (non-hydrogen) atoms. The number of thiocarbonyl (C=S) groups is 1. The largest absolute Gasteiger partial charge is 0.508 e. The second kappa shape index (κ2) is 4.50. The molecule has 0 aliphatic rings. The highest BCUT2D eigenvalue weighted by Crippen LogP contribution is 2.17. The Balaban J connectivity index is 2.31. The number of nitrogens with two attached hydrogens (primary N) is 1. The molecule has 0 radical (unpaired) electrons. The normalized spacial score (nSPS) is 10.4. The maximum atomic E-state index is 9.67. The van der Waals surface area contributed by atoms with Gasteiger partial charge in [-0.15, -0.1) is 5.10 Å². The first-order valence-corrected chi connectivity index (χ1v) is 5.47. The molecule has 0 atom stereocenters. The summed E-state index contributed by atoms with van der Waals surface area (Å²) < 4.78 is 1.66. The molecule has 0 saturated carbocycles. The number of hydrogen-bond acceptors (Lipinski definition) is 4. The van der Waals surface area contributed by atoms with E-state index < -0.39 is 0 Å². The molecule has 0 fully saturated rings. The number of phenols is 1. The SMILES string of the molecule is Cc1c(C(N)=S)nnn1Cc1ccccc1O. The maximum absolute atomic E-state index is 9.67. The third kappa shape index (κ3) is 2.26. The van der Waals surface area contributed by atoms with Crippen LogP contribution in [0.4, 0.5) is 0 Å². The van der Waals surface area contributed by atoms with E-state index in [4.69, 9.17) is 18.0 Å². The van der Waals surface area contributed by atoms with Crippen molar-refractivity contribution in [3.05, 3.63) is 41.2 Å². The van der Waals surface area contributed by atoms with Crippen molar-refractivity contribution in [3.8, 4) is 5.75 Å². The van der Waals surface area contributed by atoms with Gasteiger partial charge in [0.1, 0.15) is 16.4 Å². The summed E-state index contributed by atoms with van der Waals surface area (Å²) >= 11 is 4.87. The number of phenolic OH excluding ortho intramolecular Hbond substituents is 1. The second-order valence-corrected chi connectivity index (χ2v) is 4.11. The molecular weight excluding hydrogens is 236 g/mol. The zero-order valence-electron chi connectivity index (χ0n) is 9.29. The lowest BCUT2D eigenvalue weighted by atomic mass is 10.2. The third-order valence-corrected chi connectivity index (χ3v) is 2.72. The number of benzene rings is 1. The minimum Gasteiger partial charge on any atom is -0.508 e. The molecular formula is C11H12N4OS. The van der Waals surface area contributed by atoms with Crippen molar-refractivity contribution in [2.75, 3.05) is 0 Å². The van der Waals surface area contributed by atoms with Crippen LogP contribution in [0.25, 0.3) is 0 Å². The van der Waals surface area contributed by atoms with Crippen LogP contribution in [0, 0.1) is 6.92 Å². The van der Waals surface area contributed by atoms with Crippen LogP contribution < -0.4 is 5.73 Å². The smallest absolute Gasteiger partial charge is 0.142 e. The number of hydrogen-bond donors (Lipinski definition) is 2. The maximum Gasteiger partial charge on any atom is 0.142 e. The Morgan fingerprint density at radius 2 is 2.18 bits per heavy atom. The van der Waals surface area contributed by atoms with Gasteiger partial charge >= 0.3 is 0 Å². The van der Waals surface area contributed by atoms with Crippen LogP contribution in [-0.4, -0.2) is 25.1 Å². The molecule has 0 aliphatic heterocycles. The van der Waals surface area contributed by atoms with Crippen molar-refractivity contribution in [3.63, 3.8) is 0 Å². The summed E-state index contributed by atoms with van der Waals surface area (Å²) in [5.74, 6) is 0.235. The molecule has 5 nitrogen and oxygen atoms in total. The van der Waals surface area contributed by atoms with E-state index in [2.05, 4.69) is 10.3 Å². The van der Waals surface area contributed by atoms with Gasteiger partial charge in [-0.1, -0.05) is 35.6 Å². The summed E-state index contributed by atoms with van der Waals surface area (Å²) in [5.41, 5.74) is 7.61. The van der Waals surface area contributed by atoms with Gasteiger partial charge in [0.15, 0.2) is 0 Å². The van der Waals surface area contributed by atoms with Crippen molar-refractivity contribution in [2.24, 2.45) is 5.73 Å². The van der Waals surface area contributed by atoms with Gasteiger partial charge in [0.05, 0.1) is 12.2 Å². The van der Waals surface area contributed by atoms with E-state index in [1.54, 1.807) is 16.8 Å². The Labute approximate surface area is 104 Å². The molecule has 0 aliphatic carbocycles. The van der Waals surface area contributed by atoms with E-state index in [-0.39, 0.29) is 10.7 Å². The molecule has 88 valence electrons. The van der Waals surface area contributed by atoms with Crippen LogP contribution in [0.1, 0.15) is 17.0 Å². The molecule has 1 aromatic heterocycles. The first-order chi connectivity index (χ1) is 8.09. The van der Waals surface area contributed by atoms with Crippen LogP contribution >= 0.6 is 12.2 Å². The lowest BCUT2D eigenvalue weighted by Crippen LogP contribution is -2.12. The van der Waals surface area contributed by atoms with Crippen LogP contribution in [0.15, 0.2) is 24.3 Å². The van der Waals surface area contributed by atoms with Gasteiger partial charge in [-0.2, -0.15) is 0 Å². The average Bonchev–Trinajstić information content (AvgIpc) is 2.64. The van der Waals surface area contributed by atoms with Crippen molar-refractivity contribution in [1.29, 1.82) is 0 Å². The Bertz CT molecular complexity index is 564. The molecule has 1 heterocycles. The van der Waals surface area contributed by atoms with E-state index in [1.165, 1.54) is 0 Å². The van der Waals surface area contributed by atoms with Crippen LogP contribution in [0.5, 0.6) is 5.75 Å². The molecule has 0 amide bonds. The minimum atomic E-state index is 0.228. The van der Waals surface area contributed by atoms with Gasteiger partial charge in [-0.3, -0.25) is 0 Å². The first kappa shape index (κ1) is 11.5. The molecule has 0 saturated heterocycles. The zero-order chi connectivity index (χ0) is 12.4. The summed E-state index contributed by atoms with van der Waals surface area (Å²) in [5, 5.41) is 17.5. The van der Waals surface area contributed by atoms with Gasteiger partial charge in [0, 0.05) is 5.56 Å². The minimum absolute atomic E-state index is 0.228. The summed E-state index contributed by atoms with van der Waals surface area (Å²) in [7, 11) is 0. The highest BCUT2D eigenvalue weighted by atomic mass is 32.1. The van der Waals surface area contributed by atoms with E-state index in [9.17, 15) is 5.11 Å². The fourth-order valence-electron chi connectivity index (χ4n) is 1.54. The van der Waals surface area contributed by atoms with Crippen molar-refractivity contribution < 1.29 is 5.11 Å². The lowest BCUT2D eigenvalue weighted by Gasteiger charge is -2.05. The highest BCUT2D eigenvalue weighted by molar-refractivity contribution is 7.80. The van der Waals surface area contributed by atoms with E-state index >= 15 is 0 Å². The third-order valence-electron chi connectivity index (χ3n) is 2.53. The van der Waals surface area contributed by atoms with Crippen molar-refractivity contribution >= 4 is 17.2 Å². The highest BCUT2D eigenvalue weighted by Gasteiger charge is 2.11. The molecule has 3 N–H and O–H groups in total. The Morgan fingerprint density at radius 3 is 2.76 bits per heavy atom. The van der Waals surface area contributed by atoms with E-state index in [0.29, 0.717) is 12.2 Å². The Morgan fingerprint density at radius 1 is 1.47 bits per heavy atom. The predicted molar refractivity (Wildman–Crippen MR) is 67.9 cm³/mol. The monoisotopic (exact) mass is 248 g/mol. The standard InChI is InChI=1S/C11H12N4OS/c1-7-10(11(12)17)13-14-15(7)6-8-4-2-3-5-9(8)16/h2-5,16H,6H2,1H3,(H2,12,17). The number of para-hydroxylation sites is 1. The fraction of sp³-hybridized carbons (Fsp3) is 0.182. The number of aromatic nitrogens is 3. The van der Waals surface area contributed by atoms with Gasteiger partial charge in [0.25, 0.3) is 0 Å². The average molecular weight is 248 g/mol. The summed E-state index contributed by atoms with van der Waals surface area (Å²) in [6, 6.07) is 7.09. The second-order valence-electron chi connectivity index (χ2n) is 3.67. The summed E-state index contributed by atoms with van der Waals surface area (Å²) in [4.78, 5) is 0.228. The van der Waals surface area contributed by atoms with Gasteiger partial charge in [0.2, 0.25) is 0 Å². The van der Waals surface area contributed by atoms with Gasteiger partial charge in [-0.05, 0) is 13.0 Å². The Kier molecular flexibility index (Phi) is 3.06. The molecule has 2 aromatic rings. The first-order valence-electron chi connectivity index (χ1n) is 5.06. The zero-order valence-corrected chi connectivity index (χ0v) is 10.1. The van der Waals surface area contributed by atoms with Crippen LogP contribution in [0.2, 0.25) is 0 Å². The predicted octanol–water partition coefficient (Wildman–Crippen LogP) is 0.975. The molecule has 1 aromatic carbocycles. The van der Waals surface area contributed by atoms with Crippen LogP contribution in [-0.2, 0) is 6.54 Å². The van der Waals surface area contributed by atoms with E-state index in [0.717, 1.165) is 11.3 Å². The van der Waals surface area contributed by atoms with Crippen molar-refractivity contribution in [2.45, 2.75) is 13.5 Å². The Hall–Kier alpha value is -1.95.